The first-order chi connectivity index (χ1) is 7.29. The molecule has 0 saturated carbocycles. The second kappa shape index (κ2) is 3.89. The highest BCUT2D eigenvalue weighted by molar-refractivity contribution is 5.79. The SMILES string of the molecule is C#CC(=C)/C=C\c1cc2ccccc2o1. The Morgan fingerprint density at radius 3 is 2.93 bits per heavy atom. The summed E-state index contributed by atoms with van der Waals surface area (Å²) in [6.07, 6.45) is 8.76. The summed E-state index contributed by atoms with van der Waals surface area (Å²) in [6, 6.07) is 9.83. The van der Waals surface area contributed by atoms with Crippen LogP contribution in [0.25, 0.3) is 17.0 Å². The van der Waals surface area contributed by atoms with E-state index in [1.165, 1.54) is 0 Å². The first-order valence-electron chi connectivity index (χ1n) is 4.62. The highest BCUT2D eigenvalue weighted by Gasteiger charge is 1.98. The van der Waals surface area contributed by atoms with Crippen LogP contribution in [0.4, 0.5) is 0 Å². The summed E-state index contributed by atoms with van der Waals surface area (Å²) >= 11 is 0. The van der Waals surface area contributed by atoms with E-state index in [-0.39, 0.29) is 0 Å². The normalized spacial score (nSPS) is 10.6. The Hall–Kier alpha value is -2.20. The van der Waals surface area contributed by atoms with E-state index in [9.17, 15) is 0 Å². The maximum absolute atomic E-state index is 5.57. The fourth-order valence-corrected chi connectivity index (χ4v) is 1.32. The van der Waals surface area contributed by atoms with E-state index in [0.29, 0.717) is 5.57 Å². The lowest BCUT2D eigenvalue weighted by molar-refractivity contribution is 0.604. The number of furan rings is 1. The molecule has 1 nitrogen and oxygen atoms in total. The predicted molar refractivity (Wildman–Crippen MR) is 63.2 cm³/mol. The zero-order chi connectivity index (χ0) is 10.7. The molecule has 0 saturated heterocycles. The molecule has 0 aliphatic carbocycles. The average molecular weight is 194 g/mol. The van der Waals surface area contributed by atoms with Crippen molar-refractivity contribution in [3.8, 4) is 12.3 Å². The zero-order valence-electron chi connectivity index (χ0n) is 8.23. The van der Waals surface area contributed by atoms with Crippen molar-refractivity contribution in [1.29, 1.82) is 0 Å². The van der Waals surface area contributed by atoms with E-state index in [1.54, 1.807) is 6.08 Å². The third-order valence-corrected chi connectivity index (χ3v) is 2.08. The molecule has 1 aromatic heterocycles. The van der Waals surface area contributed by atoms with Crippen LogP contribution < -0.4 is 0 Å². The van der Waals surface area contributed by atoms with Crippen LogP contribution >= 0.6 is 0 Å². The van der Waals surface area contributed by atoms with Crippen LogP contribution in [0.1, 0.15) is 5.76 Å². The van der Waals surface area contributed by atoms with Crippen molar-refractivity contribution in [1.82, 2.24) is 0 Å². The lowest BCUT2D eigenvalue weighted by atomic mass is 10.2. The first-order valence-corrected chi connectivity index (χ1v) is 4.62. The van der Waals surface area contributed by atoms with Gasteiger partial charge in [0.15, 0.2) is 0 Å². The van der Waals surface area contributed by atoms with Gasteiger partial charge >= 0.3 is 0 Å². The van der Waals surface area contributed by atoms with Crippen LogP contribution in [-0.2, 0) is 0 Å². The van der Waals surface area contributed by atoms with Gasteiger partial charge in [0, 0.05) is 11.0 Å². The standard InChI is InChI=1S/C14H10O/c1-3-11(2)8-9-13-10-12-6-4-5-7-14(12)15-13/h1,4-10H,2H2/b9-8-. The van der Waals surface area contributed by atoms with Gasteiger partial charge in [-0.15, -0.1) is 6.42 Å². The fourth-order valence-electron chi connectivity index (χ4n) is 1.32. The minimum absolute atomic E-state index is 0.635. The molecule has 0 spiro atoms. The molecular weight excluding hydrogens is 184 g/mol. The van der Waals surface area contributed by atoms with Gasteiger partial charge in [-0.05, 0) is 24.3 Å². The second-order valence-corrected chi connectivity index (χ2v) is 3.19. The largest absolute Gasteiger partial charge is 0.457 e. The maximum Gasteiger partial charge on any atom is 0.134 e. The molecule has 0 radical (unpaired) electrons. The van der Waals surface area contributed by atoms with Gasteiger partial charge in [-0.1, -0.05) is 30.7 Å². The minimum Gasteiger partial charge on any atom is -0.457 e. The number of rotatable bonds is 2. The Bertz CT molecular complexity index is 531. The van der Waals surface area contributed by atoms with Gasteiger partial charge in [0.1, 0.15) is 11.3 Å². The van der Waals surface area contributed by atoms with Gasteiger partial charge < -0.3 is 4.42 Å². The summed E-state index contributed by atoms with van der Waals surface area (Å²) in [4.78, 5) is 0. The van der Waals surface area contributed by atoms with Crippen LogP contribution in [0.15, 0.2) is 53.0 Å². The number of benzene rings is 1. The topological polar surface area (TPSA) is 13.1 Å². The Labute approximate surface area is 88.7 Å². The third-order valence-electron chi connectivity index (χ3n) is 2.08. The number of hydrogen-bond acceptors (Lipinski definition) is 1. The summed E-state index contributed by atoms with van der Waals surface area (Å²) < 4.78 is 5.57. The summed E-state index contributed by atoms with van der Waals surface area (Å²) in [5.41, 5.74) is 1.51. The Morgan fingerprint density at radius 1 is 1.40 bits per heavy atom. The third kappa shape index (κ3) is 2.00. The van der Waals surface area contributed by atoms with E-state index >= 15 is 0 Å². The van der Waals surface area contributed by atoms with Crippen molar-refractivity contribution in [2.45, 2.75) is 0 Å². The van der Waals surface area contributed by atoms with Gasteiger partial charge in [-0.2, -0.15) is 0 Å². The number of allylic oxidation sites excluding steroid dienone is 2. The van der Waals surface area contributed by atoms with E-state index < -0.39 is 0 Å². The van der Waals surface area contributed by atoms with Gasteiger partial charge in [0.2, 0.25) is 0 Å². The molecule has 1 aromatic carbocycles. The molecule has 1 heteroatoms. The van der Waals surface area contributed by atoms with Crippen LogP contribution in [0.5, 0.6) is 0 Å². The second-order valence-electron chi connectivity index (χ2n) is 3.19. The zero-order valence-corrected chi connectivity index (χ0v) is 8.23. The number of terminal acetylenes is 1. The van der Waals surface area contributed by atoms with Crippen LogP contribution in [0, 0.1) is 12.3 Å². The molecule has 2 aromatic rings. The molecule has 0 aliphatic rings. The average Bonchev–Trinajstić information content (AvgIpc) is 2.68. The van der Waals surface area contributed by atoms with Gasteiger partial charge in [-0.25, -0.2) is 0 Å². The molecule has 15 heavy (non-hydrogen) atoms. The van der Waals surface area contributed by atoms with E-state index in [0.717, 1.165) is 16.7 Å². The quantitative estimate of drug-likeness (QED) is 0.525. The molecule has 0 atom stereocenters. The molecule has 0 amide bonds. The smallest absolute Gasteiger partial charge is 0.134 e. The maximum atomic E-state index is 5.57. The van der Waals surface area contributed by atoms with Crippen molar-refractivity contribution in [3.05, 3.63) is 54.3 Å². The Kier molecular flexibility index (Phi) is 2.43. The summed E-state index contributed by atoms with van der Waals surface area (Å²) in [7, 11) is 0. The molecule has 0 unspecified atom stereocenters. The lowest BCUT2D eigenvalue weighted by Gasteiger charge is -1.84. The molecule has 72 valence electrons. The number of para-hydroxylation sites is 1. The molecule has 2 rings (SSSR count). The van der Waals surface area contributed by atoms with Crippen LogP contribution in [-0.4, -0.2) is 0 Å². The first kappa shape index (κ1) is 9.36. The summed E-state index contributed by atoms with van der Waals surface area (Å²) in [5.74, 6) is 3.23. The highest BCUT2D eigenvalue weighted by atomic mass is 16.3. The van der Waals surface area contributed by atoms with E-state index in [2.05, 4.69) is 12.5 Å². The van der Waals surface area contributed by atoms with Gasteiger partial charge in [-0.3, -0.25) is 0 Å². The van der Waals surface area contributed by atoms with Gasteiger partial charge in [0.25, 0.3) is 0 Å². The lowest BCUT2D eigenvalue weighted by Crippen LogP contribution is -1.65. The fraction of sp³-hybridized carbons (Fsp3) is 0. The molecule has 0 aliphatic heterocycles. The number of hydrogen-bond donors (Lipinski definition) is 0. The minimum atomic E-state index is 0.635. The molecular formula is C14H10O. The highest BCUT2D eigenvalue weighted by Crippen LogP contribution is 2.19. The summed E-state index contributed by atoms with van der Waals surface area (Å²) in [5, 5.41) is 1.09. The van der Waals surface area contributed by atoms with Crippen molar-refractivity contribution in [2.24, 2.45) is 0 Å². The van der Waals surface area contributed by atoms with Crippen molar-refractivity contribution in [3.63, 3.8) is 0 Å². The van der Waals surface area contributed by atoms with E-state index in [4.69, 9.17) is 10.8 Å². The van der Waals surface area contributed by atoms with Crippen LogP contribution in [0.3, 0.4) is 0 Å². The van der Waals surface area contributed by atoms with Crippen molar-refractivity contribution in [2.75, 3.05) is 0 Å². The van der Waals surface area contributed by atoms with Gasteiger partial charge in [0.05, 0.1) is 0 Å². The Morgan fingerprint density at radius 2 is 2.20 bits per heavy atom. The summed E-state index contributed by atoms with van der Waals surface area (Å²) in [6.45, 7) is 3.68. The van der Waals surface area contributed by atoms with Crippen molar-refractivity contribution >= 4 is 17.0 Å². The number of fused-ring (bicyclic) bond motifs is 1. The van der Waals surface area contributed by atoms with E-state index in [1.807, 2.05) is 36.4 Å². The monoisotopic (exact) mass is 194 g/mol. The molecule has 0 fully saturated rings. The van der Waals surface area contributed by atoms with Crippen molar-refractivity contribution < 1.29 is 4.42 Å². The molecule has 0 N–H and O–H groups in total. The molecule has 1 heterocycles. The van der Waals surface area contributed by atoms with Crippen LogP contribution in [0.2, 0.25) is 0 Å². The molecule has 0 bridgehead atoms. The predicted octanol–water partition coefficient (Wildman–Crippen LogP) is 3.64. The Balaban J connectivity index is 2.34.